The maximum atomic E-state index is 9.46. The first kappa shape index (κ1) is 18.9. The minimum atomic E-state index is 0.665. The van der Waals surface area contributed by atoms with Crippen LogP contribution in [0.1, 0.15) is 27.8 Å². The Balaban J connectivity index is 1.66. The van der Waals surface area contributed by atoms with Gasteiger partial charge in [0.15, 0.2) is 0 Å². The first-order valence-corrected chi connectivity index (χ1v) is 9.19. The minimum absolute atomic E-state index is 0.665. The van der Waals surface area contributed by atoms with Crippen LogP contribution in [0.5, 0.6) is 0 Å². The Morgan fingerprint density at radius 2 is 1.04 bits per heavy atom. The summed E-state index contributed by atoms with van der Waals surface area (Å²) in [7, 11) is 0. The van der Waals surface area contributed by atoms with E-state index in [1.165, 1.54) is 0 Å². The van der Waals surface area contributed by atoms with Gasteiger partial charge in [-0.25, -0.2) is 0 Å². The third-order valence-corrected chi connectivity index (χ3v) is 4.16. The molecule has 3 rings (SSSR count). The fraction of sp³-hybridized carbons (Fsp3) is 0. The standard InChI is InChI=1S/C27H21N/c28-22-27-21-25(17-8-7-15-23-11-3-1-4-12-23)19-20-26(27)18-10-9-16-24-13-5-2-6-14-24/h1-21H. The van der Waals surface area contributed by atoms with Crippen LogP contribution < -0.4 is 0 Å². The Hall–Kier alpha value is -3.89. The first-order chi connectivity index (χ1) is 13.8. The highest BCUT2D eigenvalue weighted by Gasteiger charge is 1.98. The average Bonchev–Trinajstić information content (AvgIpc) is 2.76. The van der Waals surface area contributed by atoms with E-state index in [1.54, 1.807) is 0 Å². The van der Waals surface area contributed by atoms with Gasteiger partial charge in [-0.3, -0.25) is 0 Å². The third kappa shape index (κ3) is 5.83. The number of allylic oxidation sites excluding steroid dienone is 4. The molecule has 0 amide bonds. The van der Waals surface area contributed by atoms with Crippen molar-refractivity contribution in [2.45, 2.75) is 0 Å². The van der Waals surface area contributed by atoms with E-state index in [4.69, 9.17) is 0 Å². The van der Waals surface area contributed by atoms with Crippen molar-refractivity contribution < 1.29 is 0 Å². The third-order valence-electron chi connectivity index (χ3n) is 4.16. The molecule has 1 nitrogen and oxygen atoms in total. The molecule has 0 saturated heterocycles. The normalized spacial score (nSPS) is 11.7. The Morgan fingerprint density at radius 3 is 1.57 bits per heavy atom. The topological polar surface area (TPSA) is 23.8 Å². The lowest BCUT2D eigenvalue weighted by atomic mass is 10.0. The van der Waals surface area contributed by atoms with Crippen LogP contribution in [-0.4, -0.2) is 0 Å². The summed E-state index contributed by atoms with van der Waals surface area (Å²) in [6.07, 6.45) is 16.0. The van der Waals surface area contributed by atoms with Crippen molar-refractivity contribution in [1.29, 1.82) is 5.26 Å². The van der Waals surface area contributed by atoms with Crippen LogP contribution in [0.25, 0.3) is 24.3 Å². The summed E-state index contributed by atoms with van der Waals surface area (Å²) in [4.78, 5) is 0. The Labute approximate surface area is 166 Å². The van der Waals surface area contributed by atoms with E-state index in [0.29, 0.717) is 5.56 Å². The van der Waals surface area contributed by atoms with Crippen molar-refractivity contribution in [3.05, 3.63) is 131 Å². The van der Waals surface area contributed by atoms with E-state index in [2.05, 4.69) is 36.4 Å². The number of hydrogen-bond acceptors (Lipinski definition) is 1. The highest BCUT2D eigenvalue weighted by molar-refractivity contribution is 5.65. The molecule has 0 saturated carbocycles. The van der Waals surface area contributed by atoms with E-state index in [-0.39, 0.29) is 0 Å². The fourth-order valence-corrected chi connectivity index (χ4v) is 2.71. The first-order valence-electron chi connectivity index (χ1n) is 9.19. The lowest BCUT2D eigenvalue weighted by Crippen LogP contribution is -1.83. The van der Waals surface area contributed by atoms with Gasteiger partial charge >= 0.3 is 0 Å². The Morgan fingerprint density at radius 1 is 0.536 bits per heavy atom. The fourth-order valence-electron chi connectivity index (χ4n) is 2.71. The maximum Gasteiger partial charge on any atom is 0.0998 e. The zero-order chi connectivity index (χ0) is 19.4. The molecule has 0 radical (unpaired) electrons. The van der Waals surface area contributed by atoms with Gasteiger partial charge in [0.05, 0.1) is 11.6 Å². The van der Waals surface area contributed by atoms with E-state index >= 15 is 0 Å². The van der Waals surface area contributed by atoms with Crippen LogP contribution in [0.3, 0.4) is 0 Å². The molecular formula is C27H21N. The largest absolute Gasteiger partial charge is 0.192 e. The molecule has 0 spiro atoms. The average molecular weight is 359 g/mol. The smallest absolute Gasteiger partial charge is 0.0998 e. The van der Waals surface area contributed by atoms with E-state index in [0.717, 1.165) is 22.3 Å². The van der Waals surface area contributed by atoms with Gasteiger partial charge in [-0.15, -0.1) is 0 Å². The number of benzene rings is 3. The second-order valence-corrected chi connectivity index (χ2v) is 6.22. The zero-order valence-electron chi connectivity index (χ0n) is 15.6. The molecule has 3 aromatic carbocycles. The predicted molar refractivity (Wildman–Crippen MR) is 120 cm³/mol. The minimum Gasteiger partial charge on any atom is -0.192 e. The summed E-state index contributed by atoms with van der Waals surface area (Å²) in [5.74, 6) is 0. The molecule has 0 aliphatic heterocycles. The number of nitrogens with zero attached hydrogens (tertiary/aromatic N) is 1. The number of rotatable bonds is 6. The molecule has 0 fully saturated rings. The number of hydrogen-bond donors (Lipinski definition) is 0. The summed E-state index contributed by atoms with van der Waals surface area (Å²) in [5, 5.41) is 9.46. The Bertz CT molecular complexity index is 1050. The molecule has 1 heteroatoms. The van der Waals surface area contributed by atoms with Crippen LogP contribution in [0.15, 0.2) is 103 Å². The van der Waals surface area contributed by atoms with Crippen LogP contribution in [0.4, 0.5) is 0 Å². The second-order valence-electron chi connectivity index (χ2n) is 6.22. The summed E-state index contributed by atoms with van der Waals surface area (Å²) in [6, 6.07) is 28.5. The highest BCUT2D eigenvalue weighted by Crippen LogP contribution is 2.15. The van der Waals surface area contributed by atoms with Crippen molar-refractivity contribution in [1.82, 2.24) is 0 Å². The lowest BCUT2D eigenvalue weighted by Gasteiger charge is -1.99. The van der Waals surface area contributed by atoms with Gasteiger partial charge < -0.3 is 0 Å². The SMILES string of the molecule is N#Cc1cc(C=CC=Cc2ccccc2)ccc1C=CC=Cc1ccccc1. The quantitative estimate of drug-likeness (QED) is 0.434. The van der Waals surface area contributed by atoms with Crippen molar-refractivity contribution in [2.75, 3.05) is 0 Å². The molecule has 3 aromatic rings. The molecule has 0 atom stereocenters. The predicted octanol–water partition coefficient (Wildman–Crippen LogP) is 7.01. The van der Waals surface area contributed by atoms with Crippen LogP contribution >= 0.6 is 0 Å². The van der Waals surface area contributed by atoms with Crippen LogP contribution in [0.2, 0.25) is 0 Å². The Kier molecular flexibility index (Phi) is 6.95. The monoisotopic (exact) mass is 359 g/mol. The van der Waals surface area contributed by atoms with Crippen molar-refractivity contribution >= 4 is 24.3 Å². The summed E-state index contributed by atoms with van der Waals surface area (Å²) in [6.45, 7) is 0. The summed E-state index contributed by atoms with van der Waals surface area (Å²) < 4.78 is 0. The van der Waals surface area contributed by atoms with Crippen LogP contribution in [0, 0.1) is 11.3 Å². The molecule has 0 unspecified atom stereocenters. The summed E-state index contributed by atoms with van der Waals surface area (Å²) >= 11 is 0. The van der Waals surface area contributed by atoms with Gasteiger partial charge in [0.25, 0.3) is 0 Å². The van der Waals surface area contributed by atoms with E-state index < -0.39 is 0 Å². The van der Waals surface area contributed by atoms with Crippen LogP contribution in [-0.2, 0) is 0 Å². The van der Waals surface area contributed by atoms with Gasteiger partial charge in [-0.1, -0.05) is 121 Å². The van der Waals surface area contributed by atoms with Gasteiger partial charge in [0.1, 0.15) is 0 Å². The van der Waals surface area contributed by atoms with Gasteiger partial charge in [0.2, 0.25) is 0 Å². The van der Waals surface area contributed by atoms with Gasteiger partial charge in [0, 0.05) is 0 Å². The molecule has 0 heterocycles. The van der Waals surface area contributed by atoms with E-state index in [9.17, 15) is 5.26 Å². The maximum absolute atomic E-state index is 9.46. The van der Waals surface area contributed by atoms with Crippen molar-refractivity contribution in [2.24, 2.45) is 0 Å². The van der Waals surface area contributed by atoms with E-state index in [1.807, 2.05) is 97.1 Å². The summed E-state index contributed by atoms with van der Waals surface area (Å²) in [5.41, 5.74) is 4.90. The molecule has 0 aliphatic rings. The number of nitriles is 1. The molecule has 0 aromatic heterocycles. The molecule has 134 valence electrons. The second kappa shape index (κ2) is 10.3. The molecule has 0 bridgehead atoms. The molecule has 0 aliphatic carbocycles. The van der Waals surface area contributed by atoms with Crippen molar-refractivity contribution in [3.63, 3.8) is 0 Å². The highest BCUT2D eigenvalue weighted by atomic mass is 14.2. The molecule has 28 heavy (non-hydrogen) atoms. The molecular weight excluding hydrogens is 338 g/mol. The van der Waals surface area contributed by atoms with Gasteiger partial charge in [-0.05, 0) is 28.3 Å². The van der Waals surface area contributed by atoms with Crippen molar-refractivity contribution in [3.8, 4) is 6.07 Å². The lowest BCUT2D eigenvalue weighted by molar-refractivity contribution is 1.46. The van der Waals surface area contributed by atoms with Gasteiger partial charge in [-0.2, -0.15) is 5.26 Å². The zero-order valence-corrected chi connectivity index (χ0v) is 15.6. The molecule has 0 N–H and O–H groups in total.